The van der Waals surface area contributed by atoms with Crippen LogP contribution < -0.4 is 26.6 Å². The monoisotopic (exact) mass is 1120 g/mol. The molecule has 1 aliphatic rings. The molecule has 6 aromatic rings. The molecule has 3 aromatic heterocycles. The molecule has 4 heterocycles. The van der Waals surface area contributed by atoms with E-state index in [0.29, 0.717) is 43.1 Å². The summed E-state index contributed by atoms with van der Waals surface area (Å²) in [5, 5.41) is 26.9. The van der Waals surface area contributed by atoms with Gasteiger partial charge in [-0.2, -0.15) is 0 Å². The highest BCUT2D eigenvalue weighted by atomic mass is 32.2. The van der Waals surface area contributed by atoms with Crippen LogP contribution in [0.5, 0.6) is 0 Å². The first-order valence-electron chi connectivity index (χ1n) is 25.7. The Morgan fingerprint density at radius 1 is 0.808 bits per heavy atom. The number of amides is 6. The summed E-state index contributed by atoms with van der Waals surface area (Å²) < 4.78 is 30.8. The molecule has 0 aliphatic carbocycles. The second-order valence-electron chi connectivity index (χ2n) is 20.4. The maximum Gasteiger partial charge on any atom is 0.253 e. The van der Waals surface area contributed by atoms with Crippen molar-refractivity contribution in [2.75, 3.05) is 24.7 Å². The topological polar surface area (TPSA) is 260 Å². The Balaban J connectivity index is 0.801. The van der Waals surface area contributed by atoms with Gasteiger partial charge in [-0.1, -0.05) is 112 Å². The predicted molar refractivity (Wildman–Crippen MR) is 299 cm³/mol. The molecule has 6 N–H and O–H groups in total. The van der Waals surface area contributed by atoms with Gasteiger partial charge in [0.1, 0.15) is 18.1 Å². The Morgan fingerprint density at radius 2 is 1.46 bits per heavy atom. The van der Waals surface area contributed by atoms with Gasteiger partial charge in [-0.05, 0) is 53.5 Å². The Bertz CT molecular complexity index is 3130. The van der Waals surface area contributed by atoms with Gasteiger partial charge < -0.3 is 41.3 Å². The number of ether oxygens (including phenoxy) is 1. The van der Waals surface area contributed by atoms with Crippen LogP contribution in [0.1, 0.15) is 98.5 Å². The Morgan fingerprint density at radius 3 is 2.10 bits per heavy atom. The summed E-state index contributed by atoms with van der Waals surface area (Å²) in [5.74, 6) is -2.45. The molecule has 7 rings (SSSR count). The lowest BCUT2D eigenvalue weighted by atomic mass is 9.85. The second kappa shape index (κ2) is 27.0. The van der Waals surface area contributed by atoms with Crippen LogP contribution in [0, 0.1) is 12.3 Å². The second-order valence-corrected chi connectivity index (χ2v) is 24.0. The zero-order valence-corrected chi connectivity index (χ0v) is 46.8. The van der Waals surface area contributed by atoms with Crippen LogP contribution in [-0.2, 0) is 58.4 Å². The summed E-state index contributed by atoms with van der Waals surface area (Å²) in [6, 6.07) is 23.0. The van der Waals surface area contributed by atoms with Gasteiger partial charge in [0.15, 0.2) is 5.13 Å². The van der Waals surface area contributed by atoms with E-state index >= 15 is 0 Å². The van der Waals surface area contributed by atoms with Gasteiger partial charge in [0.25, 0.3) is 11.8 Å². The van der Waals surface area contributed by atoms with Gasteiger partial charge >= 0.3 is 0 Å². The van der Waals surface area contributed by atoms with Crippen LogP contribution in [-0.4, -0.2) is 111 Å². The highest BCUT2D eigenvalue weighted by Gasteiger charge is 2.44. The number of aromatic nitrogens is 3. The minimum atomic E-state index is -3.63. The molecule has 6 amide bonds. The first-order chi connectivity index (χ1) is 37.2. The number of nitrogens with zero attached hydrogens (tertiary/aromatic N) is 4. The van der Waals surface area contributed by atoms with Gasteiger partial charge in [0.05, 0.1) is 52.9 Å². The summed E-state index contributed by atoms with van der Waals surface area (Å²) >= 11 is 2.79. The van der Waals surface area contributed by atoms with E-state index in [1.54, 1.807) is 22.2 Å². The fourth-order valence-electron chi connectivity index (χ4n) is 8.68. The molecule has 0 bridgehead atoms. The van der Waals surface area contributed by atoms with Crippen LogP contribution in [0.4, 0.5) is 5.13 Å². The molecular formula is C56H67N9O10S3. The smallest absolute Gasteiger partial charge is 0.253 e. The number of likely N-dealkylation sites (tertiary alicyclic amines) is 1. The fraction of sp³-hybridized carbons (Fsp3) is 0.393. The average Bonchev–Trinajstić information content (AvgIpc) is 4.27. The van der Waals surface area contributed by atoms with E-state index in [2.05, 4.69) is 36.6 Å². The van der Waals surface area contributed by atoms with E-state index in [-0.39, 0.29) is 62.4 Å². The van der Waals surface area contributed by atoms with E-state index in [1.165, 1.54) is 28.5 Å². The number of β-amino-alcohol motifs (C(OH)–C–C–N with tert-alkyl or cyclic N) is 1. The molecule has 78 heavy (non-hydrogen) atoms. The van der Waals surface area contributed by atoms with Crippen LogP contribution in [0.3, 0.4) is 0 Å². The van der Waals surface area contributed by atoms with Crippen molar-refractivity contribution < 1.29 is 47.0 Å². The third-order valence-corrected chi connectivity index (χ3v) is 15.8. The Labute approximate surface area is 462 Å². The third kappa shape index (κ3) is 16.7. The van der Waals surface area contributed by atoms with Gasteiger partial charge in [0.2, 0.25) is 33.7 Å². The quantitative estimate of drug-likeness (QED) is 0.0333. The number of carbonyl (C=O) groups excluding carboxylic acids is 6. The summed E-state index contributed by atoms with van der Waals surface area (Å²) in [4.78, 5) is 91.5. The molecule has 1 saturated heterocycles. The maximum absolute atomic E-state index is 14.0. The number of thiazole rings is 2. The van der Waals surface area contributed by atoms with Gasteiger partial charge in [0, 0.05) is 62.2 Å². The standard InChI is InChI=1S/C56H67N9O10S3/c1-36-49(77-35-59-36)41-23-21-38(22-24-41)29-58-53(71)46-27-43(66)31-65(46)54(72)50(56(2,3)4)62-48(68)16-12-7-6-11-15-47(67)57-28-37-17-19-39(20-18-37)32-75-33-44(60-51(69)42-25-26-64(30-42)78(5,73)74)52(70)63-55-61-45(34-76-55)40-13-9-8-10-14-40/h8-10,13-14,17-26,30,34-35,43-44,46,50,66H,6-7,11-12,15-16,27-29,31-33H2,1-5H3,(H,57,67)(H,58,71)(H,60,69)(H,62,68)(H,61,63,70)/t43-,44+,46+,50-/m1/s1. The van der Waals surface area contributed by atoms with E-state index in [4.69, 9.17) is 4.74 Å². The van der Waals surface area contributed by atoms with E-state index in [9.17, 15) is 42.3 Å². The van der Waals surface area contributed by atoms with Crippen LogP contribution in [0.25, 0.3) is 21.7 Å². The minimum Gasteiger partial charge on any atom is -0.391 e. The van der Waals surface area contributed by atoms with Gasteiger partial charge in [-0.15, -0.1) is 22.7 Å². The number of aliphatic hydroxyl groups is 1. The van der Waals surface area contributed by atoms with Crippen molar-refractivity contribution in [3.8, 4) is 21.7 Å². The van der Waals surface area contributed by atoms with Crippen molar-refractivity contribution in [1.29, 1.82) is 0 Å². The number of aryl methyl sites for hydroxylation is 1. The van der Waals surface area contributed by atoms with Crippen molar-refractivity contribution in [1.82, 2.24) is 40.1 Å². The molecule has 19 nitrogen and oxygen atoms in total. The first-order valence-corrected chi connectivity index (χ1v) is 29.3. The molecule has 3 aromatic carbocycles. The third-order valence-electron chi connectivity index (χ3n) is 13.1. The van der Waals surface area contributed by atoms with E-state index < -0.39 is 57.4 Å². The number of carbonyl (C=O) groups is 6. The highest BCUT2D eigenvalue weighted by molar-refractivity contribution is 7.89. The zero-order valence-electron chi connectivity index (χ0n) is 44.3. The molecule has 0 saturated carbocycles. The lowest BCUT2D eigenvalue weighted by Gasteiger charge is -2.35. The maximum atomic E-state index is 14.0. The molecule has 414 valence electrons. The van der Waals surface area contributed by atoms with Gasteiger partial charge in [-0.3, -0.25) is 32.7 Å². The van der Waals surface area contributed by atoms with Crippen LogP contribution in [0.2, 0.25) is 0 Å². The Hall–Kier alpha value is -7.11. The summed E-state index contributed by atoms with van der Waals surface area (Å²) in [6.07, 6.45) is 5.72. The summed E-state index contributed by atoms with van der Waals surface area (Å²) in [6.45, 7) is 7.91. The number of hydrogen-bond donors (Lipinski definition) is 6. The van der Waals surface area contributed by atoms with E-state index in [1.807, 2.05) is 107 Å². The van der Waals surface area contributed by atoms with Crippen molar-refractivity contribution in [3.05, 3.63) is 136 Å². The first kappa shape index (κ1) is 58.6. The SMILES string of the molecule is Cc1ncsc1-c1ccc(CNC(=O)[C@@H]2C[C@@H](O)CN2C(=O)[C@@H](NC(=O)CCCCCCC(=O)NCc2ccc(COC[C@H](NC(=O)c3ccn(S(C)(=O)=O)c3)C(=O)Nc3nc(-c4ccccc4)cs3)cc2)C(C)(C)C)cc1. The van der Waals surface area contributed by atoms with Crippen LogP contribution in [0.15, 0.2) is 108 Å². The van der Waals surface area contributed by atoms with Crippen molar-refractivity contribution in [2.24, 2.45) is 5.41 Å². The summed E-state index contributed by atoms with van der Waals surface area (Å²) in [5.41, 5.74) is 7.22. The summed E-state index contributed by atoms with van der Waals surface area (Å²) in [7, 11) is -3.63. The number of benzene rings is 3. The molecule has 0 radical (unpaired) electrons. The minimum absolute atomic E-state index is 0.0166. The molecule has 4 atom stereocenters. The number of anilines is 1. The van der Waals surface area contributed by atoms with Crippen LogP contribution >= 0.6 is 22.7 Å². The van der Waals surface area contributed by atoms with Crippen molar-refractivity contribution >= 4 is 73.3 Å². The highest BCUT2D eigenvalue weighted by Crippen LogP contribution is 2.29. The molecule has 22 heteroatoms. The molecule has 0 unspecified atom stereocenters. The molecule has 1 fully saturated rings. The fourth-order valence-corrected chi connectivity index (χ4v) is 10.8. The number of unbranched alkanes of at least 4 members (excludes halogenated alkanes) is 3. The zero-order chi connectivity index (χ0) is 56.0. The van der Waals surface area contributed by atoms with Crippen molar-refractivity contribution in [2.45, 2.75) is 117 Å². The number of nitrogens with one attached hydrogen (secondary N) is 5. The average molecular weight is 1120 g/mol. The lowest BCUT2D eigenvalue weighted by Crippen LogP contribution is -2.57. The largest absolute Gasteiger partial charge is 0.391 e. The Kier molecular flexibility index (Phi) is 20.3. The molecule has 1 aliphatic heterocycles. The number of hydrogen-bond acceptors (Lipinski definition) is 14. The van der Waals surface area contributed by atoms with Gasteiger partial charge in [-0.25, -0.2) is 18.4 Å². The molecule has 0 spiro atoms. The number of rotatable bonds is 25. The lowest BCUT2D eigenvalue weighted by molar-refractivity contribution is -0.144. The van der Waals surface area contributed by atoms with Crippen molar-refractivity contribution in [3.63, 3.8) is 0 Å². The number of aliphatic hydroxyl groups excluding tert-OH is 1. The molecular weight excluding hydrogens is 1050 g/mol. The normalized spacial score (nSPS) is 15.3. The van der Waals surface area contributed by atoms with E-state index in [0.717, 1.165) is 61.2 Å². The predicted octanol–water partition coefficient (Wildman–Crippen LogP) is 6.57.